The molecule has 1 aliphatic heterocycles. The van der Waals surface area contributed by atoms with Crippen LogP contribution in [-0.2, 0) is 0 Å². The van der Waals surface area contributed by atoms with Gasteiger partial charge in [0.1, 0.15) is 11.6 Å². The quantitative estimate of drug-likeness (QED) is 0.840. The number of hydrogen-bond donors (Lipinski definition) is 1. The number of anilines is 2. The number of benzene rings is 1. The number of hydrogen-bond acceptors (Lipinski definition) is 5. The van der Waals surface area contributed by atoms with Gasteiger partial charge in [0, 0.05) is 51.0 Å². The van der Waals surface area contributed by atoms with Crippen LogP contribution in [0.4, 0.5) is 15.9 Å². The van der Waals surface area contributed by atoms with E-state index in [4.69, 9.17) is 0 Å². The molecule has 0 unspecified atom stereocenters. The van der Waals surface area contributed by atoms with Crippen LogP contribution in [0.15, 0.2) is 42.6 Å². The lowest BCUT2D eigenvalue weighted by Crippen LogP contribution is -2.47. The minimum Gasteiger partial charge on any atom is -0.366 e. The number of aromatic nitrogens is 1. The predicted octanol–water partition coefficient (Wildman–Crippen LogP) is 1.84. The molecule has 6 nitrogen and oxygen atoms in total. The molecule has 0 saturated carbocycles. The van der Waals surface area contributed by atoms with E-state index in [1.165, 1.54) is 6.07 Å². The largest absolute Gasteiger partial charge is 0.366 e. The standard InChI is InChI=1S/C20H26FN5O/c1-24(2)10-9-23-20(27)16-7-8-22-19(15-16)26-13-11-25(12-14-26)18-6-4-3-5-17(18)21/h3-8,15H,9-14H2,1-2H3,(H,23,27). The number of rotatable bonds is 6. The molecule has 0 atom stereocenters. The zero-order valence-corrected chi connectivity index (χ0v) is 15.9. The number of halogens is 1. The van der Waals surface area contributed by atoms with Gasteiger partial charge in [0.25, 0.3) is 5.91 Å². The molecule has 0 bridgehead atoms. The van der Waals surface area contributed by atoms with Crippen LogP contribution < -0.4 is 15.1 Å². The molecule has 144 valence electrons. The summed E-state index contributed by atoms with van der Waals surface area (Å²) >= 11 is 0. The van der Waals surface area contributed by atoms with Crippen molar-refractivity contribution < 1.29 is 9.18 Å². The lowest BCUT2D eigenvalue weighted by molar-refractivity contribution is 0.0951. The van der Waals surface area contributed by atoms with E-state index in [1.54, 1.807) is 18.3 Å². The molecule has 1 aromatic heterocycles. The number of carbonyl (C=O) groups is 1. The molecule has 1 N–H and O–H groups in total. The second-order valence-corrected chi connectivity index (χ2v) is 6.89. The van der Waals surface area contributed by atoms with Gasteiger partial charge in [-0.05, 0) is 38.4 Å². The summed E-state index contributed by atoms with van der Waals surface area (Å²) in [5.41, 5.74) is 1.24. The first-order valence-electron chi connectivity index (χ1n) is 9.18. The monoisotopic (exact) mass is 371 g/mol. The molecule has 3 rings (SSSR count). The average Bonchev–Trinajstić information content (AvgIpc) is 2.68. The molecular weight excluding hydrogens is 345 g/mol. The maximum Gasteiger partial charge on any atom is 0.251 e. The van der Waals surface area contributed by atoms with Gasteiger partial charge in [0.2, 0.25) is 0 Å². The van der Waals surface area contributed by atoms with E-state index in [9.17, 15) is 9.18 Å². The van der Waals surface area contributed by atoms with Crippen molar-refractivity contribution in [3.8, 4) is 0 Å². The Labute approximate surface area is 159 Å². The Balaban J connectivity index is 1.60. The van der Waals surface area contributed by atoms with Crippen molar-refractivity contribution in [3.05, 3.63) is 54.0 Å². The molecular formula is C20H26FN5O. The van der Waals surface area contributed by atoms with Crippen molar-refractivity contribution in [3.63, 3.8) is 0 Å². The molecule has 7 heteroatoms. The van der Waals surface area contributed by atoms with Crippen molar-refractivity contribution >= 4 is 17.4 Å². The zero-order chi connectivity index (χ0) is 19.2. The molecule has 0 aliphatic carbocycles. The minimum absolute atomic E-state index is 0.0921. The van der Waals surface area contributed by atoms with Gasteiger partial charge in [-0.2, -0.15) is 0 Å². The van der Waals surface area contributed by atoms with Crippen LogP contribution in [0.25, 0.3) is 0 Å². The fraction of sp³-hybridized carbons (Fsp3) is 0.400. The van der Waals surface area contributed by atoms with Crippen molar-refractivity contribution in [1.82, 2.24) is 15.2 Å². The van der Waals surface area contributed by atoms with E-state index in [-0.39, 0.29) is 11.7 Å². The summed E-state index contributed by atoms with van der Waals surface area (Å²) < 4.78 is 14.0. The number of carbonyl (C=O) groups excluding carboxylic acids is 1. The molecule has 27 heavy (non-hydrogen) atoms. The molecule has 1 aromatic carbocycles. The lowest BCUT2D eigenvalue weighted by atomic mass is 10.2. The van der Waals surface area contributed by atoms with Crippen LogP contribution in [0.1, 0.15) is 10.4 Å². The summed E-state index contributed by atoms with van der Waals surface area (Å²) in [6.45, 7) is 4.27. The second-order valence-electron chi connectivity index (χ2n) is 6.89. The Morgan fingerprint density at radius 2 is 1.85 bits per heavy atom. The Bertz CT molecular complexity index is 774. The minimum atomic E-state index is -0.194. The molecule has 1 aliphatic rings. The molecule has 1 saturated heterocycles. The van der Waals surface area contributed by atoms with Crippen LogP contribution in [0.3, 0.4) is 0 Å². The van der Waals surface area contributed by atoms with Crippen molar-refractivity contribution in [1.29, 1.82) is 0 Å². The Morgan fingerprint density at radius 1 is 1.15 bits per heavy atom. The fourth-order valence-electron chi connectivity index (χ4n) is 3.11. The highest BCUT2D eigenvalue weighted by Gasteiger charge is 2.20. The smallest absolute Gasteiger partial charge is 0.251 e. The highest BCUT2D eigenvalue weighted by atomic mass is 19.1. The van der Waals surface area contributed by atoms with Gasteiger partial charge < -0.3 is 20.0 Å². The number of likely N-dealkylation sites (N-methyl/N-ethyl adjacent to an activating group) is 1. The number of nitrogens with zero attached hydrogens (tertiary/aromatic N) is 4. The first kappa shape index (κ1) is 19.1. The highest BCUT2D eigenvalue weighted by molar-refractivity contribution is 5.94. The number of amides is 1. The first-order chi connectivity index (χ1) is 13.0. The molecule has 1 fully saturated rings. The Hall–Kier alpha value is -2.67. The number of piperazine rings is 1. The van der Waals surface area contributed by atoms with E-state index in [2.05, 4.69) is 15.2 Å². The van der Waals surface area contributed by atoms with Gasteiger partial charge in [-0.3, -0.25) is 4.79 Å². The number of para-hydroxylation sites is 1. The van der Waals surface area contributed by atoms with Gasteiger partial charge in [-0.15, -0.1) is 0 Å². The summed E-state index contributed by atoms with van der Waals surface area (Å²) in [6.07, 6.45) is 1.67. The second kappa shape index (κ2) is 8.81. The van der Waals surface area contributed by atoms with Crippen LogP contribution in [0, 0.1) is 5.82 Å². The Kier molecular flexibility index (Phi) is 6.24. The highest BCUT2D eigenvalue weighted by Crippen LogP contribution is 2.22. The molecule has 2 aromatic rings. The predicted molar refractivity (Wildman–Crippen MR) is 106 cm³/mol. The van der Waals surface area contributed by atoms with Crippen LogP contribution in [-0.4, -0.2) is 69.2 Å². The average molecular weight is 371 g/mol. The van der Waals surface area contributed by atoms with Gasteiger partial charge in [0.15, 0.2) is 0 Å². The first-order valence-corrected chi connectivity index (χ1v) is 9.18. The number of nitrogens with one attached hydrogen (secondary N) is 1. The maximum absolute atomic E-state index is 14.0. The SMILES string of the molecule is CN(C)CCNC(=O)c1ccnc(N2CCN(c3ccccc3F)CC2)c1. The van der Waals surface area contributed by atoms with E-state index in [0.29, 0.717) is 30.9 Å². The number of pyridine rings is 1. The summed E-state index contributed by atoms with van der Waals surface area (Å²) in [4.78, 5) is 22.9. The van der Waals surface area contributed by atoms with E-state index < -0.39 is 0 Å². The van der Waals surface area contributed by atoms with E-state index in [0.717, 1.165) is 25.5 Å². The third-order valence-corrected chi connectivity index (χ3v) is 4.65. The third kappa shape index (κ3) is 4.95. The summed E-state index contributed by atoms with van der Waals surface area (Å²) in [5.74, 6) is 0.495. The van der Waals surface area contributed by atoms with Gasteiger partial charge in [-0.1, -0.05) is 12.1 Å². The zero-order valence-electron chi connectivity index (χ0n) is 15.9. The topological polar surface area (TPSA) is 51.7 Å². The van der Waals surface area contributed by atoms with E-state index >= 15 is 0 Å². The molecule has 2 heterocycles. The van der Waals surface area contributed by atoms with Crippen molar-refractivity contribution in [2.24, 2.45) is 0 Å². The molecule has 0 radical (unpaired) electrons. The van der Waals surface area contributed by atoms with Gasteiger partial charge >= 0.3 is 0 Å². The van der Waals surface area contributed by atoms with Crippen LogP contribution >= 0.6 is 0 Å². The normalized spacial score (nSPS) is 14.5. The summed E-state index contributed by atoms with van der Waals surface area (Å²) in [6, 6.07) is 10.4. The lowest BCUT2D eigenvalue weighted by Gasteiger charge is -2.36. The fourth-order valence-corrected chi connectivity index (χ4v) is 3.11. The van der Waals surface area contributed by atoms with Gasteiger partial charge in [-0.25, -0.2) is 9.37 Å². The van der Waals surface area contributed by atoms with E-state index in [1.807, 2.05) is 42.1 Å². The Morgan fingerprint density at radius 3 is 2.56 bits per heavy atom. The van der Waals surface area contributed by atoms with Gasteiger partial charge in [0.05, 0.1) is 5.69 Å². The molecule has 0 spiro atoms. The maximum atomic E-state index is 14.0. The van der Waals surface area contributed by atoms with Crippen LogP contribution in [0.2, 0.25) is 0 Å². The van der Waals surface area contributed by atoms with Crippen molar-refractivity contribution in [2.75, 3.05) is 63.2 Å². The van der Waals surface area contributed by atoms with Crippen LogP contribution in [0.5, 0.6) is 0 Å². The van der Waals surface area contributed by atoms with Crippen molar-refractivity contribution in [2.45, 2.75) is 0 Å². The third-order valence-electron chi connectivity index (χ3n) is 4.65. The summed E-state index contributed by atoms with van der Waals surface area (Å²) in [7, 11) is 3.94. The molecule has 1 amide bonds. The summed E-state index contributed by atoms with van der Waals surface area (Å²) in [5, 5.41) is 2.92.